The zero-order chi connectivity index (χ0) is 13.9. The van der Waals surface area contributed by atoms with E-state index in [0.717, 1.165) is 23.3 Å². The van der Waals surface area contributed by atoms with Gasteiger partial charge in [0, 0.05) is 18.1 Å². The monoisotopic (exact) mass is 267 g/mol. The van der Waals surface area contributed by atoms with Gasteiger partial charge in [-0.25, -0.2) is 9.37 Å². The molecule has 20 heavy (non-hydrogen) atoms. The van der Waals surface area contributed by atoms with Gasteiger partial charge in [-0.2, -0.15) is 0 Å². The van der Waals surface area contributed by atoms with Crippen molar-refractivity contribution in [1.29, 1.82) is 0 Å². The van der Waals surface area contributed by atoms with Crippen molar-refractivity contribution in [2.45, 2.75) is 6.92 Å². The van der Waals surface area contributed by atoms with Gasteiger partial charge in [-0.05, 0) is 31.2 Å². The van der Waals surface area contributed by atoms with Crippen molar-refractivity contribution in [3.63, 3.8) is 0 Å². The van der Waals surface area contributed by atoms with Gasteiger partial charge in [0.1, 0.15) is 17.0 Å². The summed E-state index contributed by atoms with van der Waals surface area (Å²) in [4.78, 5) is 8.77. The van der Waals surface area contributed by atoms with Crippen molar-refractivity contribution >= 4 is 16.6 Å². The van der Waals surface area contributed by atoms with Crippen LogP contribution in [-0.2, 0) is 0 Å². The zero-order valence-corrected chi connectivity index (χ0v) is 11.1. The molecule has 3 rings (SSSR count). The molecule has 0 aliphatic heterocycles. The zero-order valence-electron chi connectivity index (χ0n) is 11.1. The Morgan fingerprint density at radius 3 is 2.80 bits per heavy atom. The number of aromatic nitrogens is 2. The highest BCUT2D eigenvalue weighted by molar-refractivity contribution is 5.88. The van der Waals surface area contributed by atoms with Crippen LogP contribution in [-0.4, -0.2) is 16.5 Å². The molecule has 0 unspecified atom stereocenters. The first-order valence-electron chi connectivity index (χ1n) is 6.54. The Morgan fingerprint density at radius 2 is 2.05 bits per heavy atom. The molecule has 0 fully saturated rings. The summed E-state index contributed by atoms with van der Waals surface area (Å²) in [6.07, 6.45) is 1.71. The third kappa shape index (κ3) is 2.20. The lowest BCUT2D eigenvalue weighted by Crippen LogP contribution is -2.02. The van der Waals surface area contributed by atoms with Crippen molar-refractivity contribution in [2.24, 2.45) is 0 Å². The van der Waals surface area contributed by atoms with E-state index in [4.69, 9.17) is 0 Å². The first-order valence-corrected chi connectivity index (χ1v) is 6.54. The molecule has 0 amide bonds. The van der Waals surface area contributed by atoms with Crippen LogP contribution in [0.5, 0.6) is 0 Å². The quantitative estimate of drug-likeness (QED) is 0.782. The van der Waals surface area contributed by atoms with Crippen LogP contribution in [0.1, 0.15) is 6.92 Å². The number of pyridine rings is 2. The number of para-hydroxylation sites is 1. The summed E-state index contributed by atoms with van der Waals surface area (Å²) in [6, 6.07) is 12.5. The first kappa shape index (κ1) is 12.5. The maximum absolute atomic E-state index is 13.9. The highest BCUT2D eigenvalue weighted by Crippen LogP contribution is 2.29. The van der Waals surface area contributed by atoms with Crippen LogP contribution < -0.4 is 5.32 Å². The second-order valence-corrected chi connectivity index (χ2v) is 4.44. The lowest BCUT2D eigenvalue weighted by atomic mass is 10.1. The molecule has 0 saturated carbocycles. The molecule has 1 N–H and O–H groups in total. The molecule has 0 saturated heterocycles. The van der Waals surface area contributed by atoms with E-state index in [1.807, 2.05) is 37.3 Å². The summed E-state index contributed by atoms with van der Waals surface area (Å²) in [5, 5.41) is 4.04. The van der Waals surface area contributed by atoms with Gasteiger partial charge < -0.3 is 5.32 Å². The molecule has 0 bridgehead atoms. The molecule has 0 radical (unpaired) electrons. The minimum atomic E-state index is -0.317. The van der Waals surface area contributed by atoms with E-state index >= 15 is 0 Å². The summed E-state index contributed by atoms with van der Waals surface area (Å²) >= 11 is 0. The topological polar surface area (TPSA) is 37.8 Å². The molecule has 0 atom stereocenters. The fourth-order valence-electron chi connectivity index (χ4n) is 2.19. The fraction of sp³-hybridized carbons (Fsp3) is 0.125. The van der Waals surface area contributed by atoms with E-state index in [0.29, 0.717) is 11.2 Å². The smallest absolute Gasteiger partial charge is 0.149 e. The van der Waals surface area contributed by atoms with Crippen LogP contribution in [0.3, 0.4) is 0 Å². The van der Waals surface area contributed by atoms with E-state index in [1.165, 1.54) is 6.07 Å². The molecule has 3 nitrogen and oxygen atoms in total. The Balaban J connectivity index is 2.28. The molecule has 3 aromatic rings. The Hall–Kier alpha value is -2.49. The largest absolute Gasteiger partial charge is 0.383 e. The summed E-state index contributed by atoms with van der Waals surface area (Å²) in [5.41, 5.74) is 2.64. The standard InChI is InChI=1S/C16H14FN3/c1-2-18-14-10-11-6-5-7-12(17)15(11)20-16(14)13-8-3-4-9-19-13/h3-10,18H,2H2,1H3. The van der Waals surface area contributed by atoms with E-state index in [1.54, 1.807) is 12.3 Å². The summed E-state index contributed by atoms with van der Waals surface area (Å²) in [6.45, 7) is 2.78. The van der Waals surface area contributed by atoms with E-state index in [9.17, 15) is 4.39 Å². The van der Waals surface area contributed by atoms with Crippen molar-refractivity contribution in [3.8, 4) is 11.4 Å². The van der Waals surface area contributed by atoms with Crippen LogP contribution in [0, 0.1) is 5.82 Å². The van der Waals surface area contributed by atoms with Crippen LogP contribution in [0.2, 0.25) is 0 Å². The number of fused-ring (bicyclic) bond motifs is 1. The number of rotatable bonds is 3. The predicted molar refractivity (Wildman–Crippen MR) is 79.1 cm³/mol. The number of hydrogen-bond donors (Lipinski definition) is 1. The Labute approximate surface area is 116 Å². The molecule has 0 aliphatic carbocycles. The Morgan fingerprint density at radius 1 is 1.15 bits per heavy atom. The third-order valence-electron chi connectivity index (χ3n) is 3.07. The van der Waals surface area contributed by atoms with E-state index in [2.05, 4.69) is 15.3 Å². The molecular formula is C16H14FN3. The number of nitrogens with zero attached hydrogens (tertiary/aromatic N) is 2. The predicted octanol–water partition coefficient (Wildman–Crippen LogP) is 3.87. The van der Waals surface area contributed by atoms with Gasteiger partial charge in [0.2, 0.25) is 0 Å². The number of nitrogens with one attached hydrogen (secondary N) is 1. The highest BCUT2D eigenvalue weighted by atomic mass is 19.1. The summed E-state index contributed by atoms with van der Waals surface area (Å²) < 4.78 is 13.9. The molecule has 4 heteroatoms. The third-order valence-corrected chi connectivity index (χ3v) is 3.07. The van der Waals surface area contributed by atoms with Crippen LogP contribution >= 0.6 is 0 Å². The van der Waals surface area contributed by atoms with Gasteiger partial charge in [-0.3, -0.25) is 4.98 Å². The van der Waals surface area contributed by atoms with E-state index < -0.39 is 0 Å². The van der Waals surface area contributed by atoms with Gasteiger partial charge in [0.15, 0.2) is 0 Å². The molecule has 0 spiro atoms. The number of halogens is 1. The molecule has 2 heterocycles. The molecular weight excluding hydrogens is 253 g/mol. The van der Waals surface area contributed by atoms with Gasteiger partial charge in [0.05, 0.1) is 11.4 Å². The fourth-order valence-corrected chi connectivity index (χ4v) is 2.19. The van der Waals surface area contributed by atoms with Gasteiger partial charge in [-0.15, -0.1) is 0 Å². The normalized spacial score (nSPS) is 10.7. The van der Waals surface area contributed by atoms with Crippen molar-refractivity contribution in [1.82, 2.24) is 9.97 Å². The molecule has 0 aliphatic rings. The van der Waals surface area contributed by atoms with Crippen LogP contribution in [0.25, 0.3) is 22.3 Å². The minimum absolute atomic E-state index is 0.317. The molecule has 2 aromatic heterocycles. The second kappa shape index (κ2) is 5.25. The Bertz CT molecular complexity index is 741. The number of anilines is 1. The lowest BCUT2D eigenvalue weighted by Gasteiger charge is -2.11. The first-order chi connectivity index (χ1) is 9.79. The maximum atomic E-state index is 13.9. The van der Waals surface area contributed by atoms with Crippen molar-refractivity contribution < 1.29 is 4.39 Å². The van der Waals surface area contributed by atoms with Crippen molar-refractivity contribution in [3.05, 3.63) is 54.5 Å². The highest BCUT2D eigenvalue weighted by Gasteiger charge is 2.11. The minimum Gasteiger partial charge on any atom is -0.383 e. The van der Waals surface area contributed by atoms with Crippen LogP contribution in [0.4, 0.5) is 10.1 Å². The van der Waals surface area contributed by atoms with Gasteiger partial charge in [0.25, 0.3) is 0 Å². The average molecular weight is 267 g/mol. The molecule has 100 valence electrons. The van der Waals surface area contributed by atoms with Crippen molar-refractivity contribution in [2.75, 3.05) is 11.9 Å². The van der Waals surface area contributed by atoms with Crippen LogP contribution in [0.15, 0.2) is 48.7 Å². The van der Waals surface area contributed by atoms with Gasteiger partial charge in [-0.1, -0.05) is 18.2 Å². The van der Waals surface area contributed by atoms with Gasteiger partial charge >= 0.3 is 0 Å². The summed E-state index contributed by atoms with van der Waals surface area (Å²) in [7, 11) is 0. The SMILES string of the molecule is CCNc1cc2cccc(F)c2nc1-c1ccccn1. The number of benzene rings is 1. The Kier molecular flexibility index (Phi) is 3.29. The van der Waals surface area contributed by atoms with E-state index in [-0.39, 0.29) is 5.82 Å². The molecule has 1 aromatic carbocycles. The lowest BCUT2D eigenvalue weighted by molar-refractivity contribution is 0.637. The second-order valence-electron chi connectivity index (χ2n) is 4.44. The number of hydrogen-bond acceptors (Lipinski definition) is 3. The average Bonchev–Trinajstić information content (AvgIpc) is 2.48. The maximum Gasteiger partial charge on any atom is 0.149 e. The summed E-state index contributed by atoms with van der Waals surface area (Å²) in [5.74, 6) is -0.317.